The predicted octanol–water partition coefficient (Wildman–Crippen LogP) is 4.41. The van der Waals surface area contributed by atoms with Crippen molar-refractivity contribution >= 4 is 18.0 Å². The topological polar surface area (TPSA) is 95.9 Å². The van der Waals surface area contributed by atoms with Gasteiger partial charge in [0.1, 0.15) is 18.2 Å². The van der Waals surface area contributed by atoms with E-state index in [1.807, 2.05) is 24.3 Å². The molecule has 2 aliphatic carbocycles. The number of carbonyl (C=O) groups excluding carboxylic acids is 2. The molecule has 0 aromatic heterocycles. The third kappa shape index (κ3) is 4.07. The number of rotatable bonds is 8. The van der Waals surface area contributed by atoms with Crippen LogP contribution in [0.2, 0.25) is 0 Å². The minimum Gasteiger partial charge on any atom is -0.479 e. The Morgan fingerprint density at radius 2 is 1.63 bits per heavy atom. The molecule has 0 radical (unpaired) electrons. The first-order valence-electron chi connectivity index (χ1n) is 12.5. The lowest BCUT2D eigenvalue weighted by atomic mass is 9.73. The van der Waals surface area contributed by atoms with Gasteiger partial charge < -0.3 is 20.1 Å². The number of hydrogen-bond acceptors (Lipinski definition) is 4. The number of alkyl carbamates (subject to hydrolysis) is 1. The van der Waals surface area contributed by atoms with Crippen LogP contribution in [0.1, 0.15) is 56.6 Å². The monoisotopic (exact) mass is 476 g/mol. The lowest BCUT2D eigenvalue weighted by Crippen LogP contribution is -2.58. The Morgan fingerprint density at radius 3 is 2.20 bits per heavy atom. The van der Waals surface area contributed by atoms with E-state index in [2.05, 4.69) is 43.4 Å². The van der Waals surface area contributed by atoms with Gasteiger partial charge in [0, 0.05) is 12.5 Å². The van der Waals surface area contributed by atoms with Crippen molar-refractivity contribution in [2.24, 2.45) is 11.8 Å². The first-order chi connectivity index (χ1) is 16.8. The Labute approximate surface area is 205 Å². The molecule has 1 unspecified atom stereocenters. The Hall–Kier alpha value is -3.35. The molecule has 2 saturated heterocycles. The molecule has 7 nitrogen and oxygen atoms in total. The molecule has 2 bridgehead atoms. The molecule has 1 atom stereocenters. The number of carboxylic acids is 1. The third-order valence-corrected chi connectivity index (χ3v) is 7.84. The Kier molecular flexibility index (Phi) is 6.03. The van der Waals surface area contributed by atoms with Crippen molar-refractivity contribution in [3.05, 3.63) is 59.7 Å². The van der Waals surface area contributed by atoms with Gasteiger partial charge in [0.2, 0.25) is 5.91 Å². The van der Waals surface area contributed by atoms with E-state index in [1.54, 1.807) is 0 Å². The van der Waals surface area contributed by atoms with Crippen molar-refractivity contribution in [2.45, 2.75) is 57.0 Å². The molecule has 3 fully saturated rings. The number of carboxylic acid groups (broad SMARTS) is 1. The van der Waals surface area contributed by atoms with Crippen LogP contribution in [-0.4, -0.2) is 52.7 Å². The molecule has 35 heavy (non-hydrogen) atoms. The zero-order valence-electron chi connectivity index (χ0n) is 20.2. The average Bonchev–Trinajstić information content (AvgIpc) is 3.48. The second-order valence-corrected chi connectivity index (χ2v) is 10.6. The fourth-order valence-corrected chi connectivity index (χ4v) is 6.00. The summed E-state index contributed by atoms with van der Waals surface area (Å²) in [6.07, 6.45) is 1.52. The number of amides is 2. The van der Waals surface area contributed by atoms with E-state index >= 15 is 0 Å². The second-order valence-electron chi connectivity index (χ2n) is 10.6. The molecular weight excluding hydrogens is 444 g/mol. The summed E-state index contributed by atoms with van der Waals surface area (Å²) >= 11 is 0. The summed E-state index contributed by atoms with van der Waals surface area (Å²) in [6.45, 7) is 4.71. The highest BCUT2D eigenvalue weighted by Crippen LogP contribution is 2.51. The Balaban J connectivity index is 1.28. The number of benzene rings is 2. The lowest BCUT2D eigenvalue weighted by molar-refractivity contribution is -0.159. The molecular formula is C28H32N2O5. The molecule has 1 saturated carbocycles. The van der Waals surface area contributed by atoms with Gasteiger partial charge in [0.15, 0.2) is 0 Å². The minimum absolute atomic E-state index is 0.0703. The number of carbonyl (C=O) groups is 3. The summed E-state index contributed by atoms with van der Waals surface area (Å²) in [7, 11) is 0. The molecule has 6 rings (SSSR count). The number of hydrogen-bond donors (Lipinski definition) is 2. The van der Waals surface area contributed by atoms with Gasteiger partial charge in [0.25, 0.3) is 0 Å². The Morgan fingerprint density at radius 1 is 1.03 bits per heavy atom. The standard InChI is InChI=1S/C28H32N2O5/c1-17(2)11-12-24(25(31)30-15-18-13-28(30,14-18)26(32)33)29-27(34)35-16-23-21-9-5-3-7-19(21)20-8-4-6-10-22(20)23/h3-10,17-18,23-24H,11-16H2,1-2H3,(H,29,34)(H,32,33). The quantitative estimate of drug-likeness (QED) is 0.589. The van der Waals surface area contributed by atoms with Crippen LogP contribution in [0.3, 0.4) is 0 Å². The SMILES string of the molecule is CC(C)CCC(NC(=O)OCC1c2ccccc2-c2ccccc21)C(=O)N1CC2CC1(C(=O)O)C2. The van der Waals surface area contributed by atoms with Gasteiger partial charge in [-0.15, -0.1) is 0 Å². The van der Waals surface area contributed by atoms with E-state index in [9.17, 15) is 19.5 Å². The van der Waals surface area contributed by atoms with Gasteiger partial charge in [-0.05, 0) is 59.8 Å². The largest absolute Gasteiger partial charge is 0.479 e. The van der Waals surface area contributed by atoms with Gasteiger partial charge in [0.05, 0.1) is 0 Å². The normalized spacial score (nSPS) is 22.8. The van der Waals surface area contributed by atoms with Crippen molar-refractivity contribution in [2.75, 3.05) is 13.2 Å². The molecule has 2 aliphatic heterocycles. The van der Waals surface area contributed by atoms with Gasteiger partial charge in [-0.3, -0.25) is 4.79 Å². The smallest absolute Gasteiger partial charge is 0.407 e. The van der Waals surface area contributed by atoms with E-state index in [1.165, 1.54) is 4.90 Å². The van der Waals surface area contributed by atoms with Crippen LogP contribution in [0.25, 0.3) is 11.1 Å². The van der Waals surface area contributed by atoms with E-state index in [0.717, 1.165) is 28.7 Å². The van der Waals surface area contributed by atoms with Crippen molar-refractivity contribution in [3.63, 3.8) is 0 Å². The van der Waals surface area contributed by atoms with E-state index < -0.39 is 23.6 Å². The first-order valence-corrected chi connectivity index (χ1v) is 12.5. The summed E-state index contributed by atoms with van der Waals surface area (Å²) < 4.78 is 5.66. The second kappa shape index (κ2) is 9.02. The number of ether oxygens (including phenoxy) is 1. The van der Waals surface area contributed by atoms with E-state index in [-0.39, 0.29) is 24.3 Å². The molecule has 2 N–H and O–H groups in total. The molecule has 2 heterocycles. The lowest BCUT2D eigenvalue weighted by Gasteiger charge is -2.39. The van der Waals surface area contributed by atoms with Crippen molar-refractivity contribution in [1.29, 1.82) is 0 Å². The highest BCUT2D eigenvalue weighted by atomic mass is 16.5. The molecule has 2 amide bonds. The summed E-state index contributed by atoms with van der Waals surface area (Å²) in [5.41, 5.74) is 3.42. The van der Waals surface area contributed by atoms with E-state index in [4.69, 9.17) is 4.74 Å². The van der Waals surface area contributed by atoms with Crippen LogP contribution >= 0.6 is 0 Å². The Bertz CT molecular complexity index is 1110. The van der Waals surface area contributed by atoms with Crippen LogP contribution in [-0.2, 0) is 14.3 Å². The van der Waals surface area contributed by atoms with E-state index in [0.29, 0.717) is 31.7 Å². The van der Waals surface area contributed by atoms with Crippen LogP contribution in [0, 0.1) is 11.8 Å². The zero-order valence-corrected chi connectivity index (χ0v) is 20.2. The minimum atomic E-state index is -1.11. The number of nitrogens with zero attached hydrogens (tertiary/aromatic N) is 1. The van der Waals surface area contributed by atoms with Crippen LogP contribution in [0.4, 0.5) is 4.79 Å². The first kappa shape index (κ1) is 23.4. The maximum atomic E-state index is 13.4. The maximum absolute atomic E-state index is 13.4. The van der Waals surface area contributed by atoms with Crippen LogP contribution in [0.15, 0.2) is 48.5 Å². The molecule has 7 heteroatoms. The van der Waals surface area contributed by atoms with Crippen molar-refractivity contribution in [1.82, 2.24) is 10.2 Å². The summed E-state index contributed by atoms with van der Waals surface area (Å²) in [4.78, 5) is 39.7. The highest BCUT2D eigenvalue weighted by Gasteiger charge is 2.63. The zero-order chi connectivity index (χ0) is 24.7. The fraction of sp³-hybridized carbons (Fsp3) is 0.464. The molecule has 2 aromatic rings. The summed E-state index contributed by atoms with van der Waals surface area (Å²) in [6, 6.07) is 15.4. The van der Waals surface area contributed by atoms with Gasteiger partial charge in [-0.2, -0.15) is 0 Å². The summed E-state index contributed by atoms with van der Waals surface area (Å²) in [5, 5.41) is 12.5. The van der Waals surface area contributed by atoms with Crippen molar-refractivity contribution in [3.8, 4) is 11.1 Å². The van der Waals surface area contributed by atoms with Crippen molar-refractivity contribution < 1.29 is 24.2 Å². The fourth-order valence-electron chi connectivity index (χ4n) is 6.00. The third-order valence-electron chi connectivity index (χ3n) is 7.84. The molecule has 184 valence electrons. The number of fused-ring (bicyclic) bond motifs is 4. The molecule has 2 aromatic carbocycles. The van der Waals surface area contributed by atoms with Gasteiger partial charge in [-0.25, -0.2) is 9.59 Å². The van der Waals surface area contributed by atoms with Gasteiger partial charge >= 0.3 is 12.1 Å². The predicted molar refractivity (Wildman–Crippen MR) is 131 cm³/mol. The van der Waals surface area contributed by atoms with Crippen LogP contribution in [0.5, 0.6) is 0 Å². The highest BCUT2D eigenvalue weighted by molar-refractivity contribution is 5.93. The molecule has 4 aliphatic rings. The van der Waals surface area contributed by atoms with Gasteiger partial charge in [-0.1, -0.05) is 62.4 Å². The number of aliphatic carboxylic acids is 1. The van der Waals surface area contributed by atoms with Crippen LogP contribution < -0.4 is 5.32 Å². The summed E-state index contributed by atoms with van der Waals surface area (Å²) in [5.74, 6) is -0.769. The number of nitrogens with one attached hydrogen (secondary N) is 1. The average molecular weight is 477 g/mol. The maximum Gasteiger partial charge on any atom is 0.407 e. The molecule has 0 spiro atoms.